The van der Waals surface area contributed by atoms with Crippen LogP contribution >= 0.6 is 11.3 Å². The zero-order valence-electron chi connectivity index (χ0n) is 11.4. The van der Waals surface area contributed by atoms with Crippen LogP contribution < -0.4 is 5.32 Å². The van der Waals surface area contributed by atoms with Crippen molar-refractivity contribution in [1.29, 1.82) is 0 Å². The Labute approximate surface area is 114 Å². The van der Waals surface area contributed by atoms with Gasteiger partial charge in [0.05, 0.1) is 10.7 Å². The quantitative estimate of drug-likeness (QED) is 0.900. The molecule has 2 aliphatic carbocycles. The Bertz CT molecular complexity index is 393. The molecule has 0 radical (unpaired) electrons. The molecule has 0 saturated heterocycles. The molecule has 1 fully saturated rings. The van der Waals surface area contributed by atoms with Gasteiger partial charge in [0, 0.05) is 10.8 Å². The Hall–Kier alpha value is -0.410. The van der Waals surface area contributed by atoms with E-state index in [0.29, 0.717) is 0 Å². The SMILES string of the molecule is CNCCC1CCc2nc(C3CCCC3)sc2C1. The maximum atomic E-state index is 4.95. The molecule has 1 unspecified atom stereocenters. The van der Waals surface area contributed by atoms with E-state index in [1.54, 1.807) is 4.88 Å². The summed E-state index contributed by atoms with van der Waals surface area (Å²) in [5.41, 5.74) is 1.45. The summed E-state index contributed by atoms with van der Waals surface area (Å²) in [6.45, 7) is 1.16. The molecule has 2 nitrogen and oxygen atoms in total. The van der Waals surface area contributed by atoms with Crippen LogP contribution in [-0.4, -0.2) is 18.6 Å². The molecule has 1 aromatic heterocycles. The van der Waals surface area contributed by atoms with Gasteiger partial charge in [0.2, 0.25) is 0 Å². The van der Waals surface area contributed by atoms with Gasteiger partial charge in [-0.1, -0.05) is 12.8 Å². The van der Waals surface area contributed by atoms with Gasteiger partial charge in [-0.15, -0.1) is 11.3 Å². The molecular formula is C15H24N2S. The van der Waals surface area contributed by atoms with Gasteiger partial charge in [0.15, 0.2) is 0 Å². The first-order valence-electron chi connectivity index (χ1n) is 7.50. The number of aryl methyl sites for hydroxylation is 1. The summed E-state index contributed by atoms with van der Waals surface area (Å²) in [4.78, 5) is 6.57. The monoisotopic (exact) mass is 264 g/mol. The molecule has 1 heterocycles. The minimum absolute atomic E-state index is 0.802. The normalized spacial score (nSPS) is 24.4. The maximum absolute atomic E-state index is 4.95. The van der Waals surface area contributed by atoms with Crippen molar-refractivity contribution in [3.8, 4) is 0 Å². The van der Waals surface area contributed by atoms with Gasteiger partial charge in [0.25, 0.3) is 0 Å². The van der Waals surface area contributed by atoms with E-state index in [1.165, 1.54) is 62.1 Å². The molecule has 0 amide bonds. The topological polar surface area (TPSA) is 24.9 Å². The lowest BCUT2D eigenvalue weighted by molar-refractivity contribution is 0.422. The van der Waals surface area contributed by atoms with Crippen molar-refractivity contribution in [2.45, 2.75) is 57.3 Å². The van der Waals surface area contributed by atoms with Crippen molar-refractivity contribution in [3.63, 3.8) is 0 Å². The smallest absolute Gasteiger partial charge is 0.0962 e. The predicted molar refractivity (Wildman–Crippen MR) is 77.4 cm³/mol. The second kappa shape index (κ2) is 5.70. The summed E-state index contributed by atoms with van der Waals surface area (Å²) in [5, 5.41) is 4.74. The standard InChI is InChI=1S/C15H24N2S/c1-16-9-8-11-6-7-13-14(10-11)18-15(17-13)12-4-2-3-5-12/h11-12,16H,2-10H2,1H3. The van der Waals surface area contributed by atoms with Gasteiger partial charge in [-0.25, -0.2) is 4.98 Å². The Balaban J connectivity index is 1.67. The van der Waals surface area contributed by atoms with E-state index in [4.69, 9.17) is 4.98 Å². The van der Waals surface area contributed by atoms with Gasteiger partial charge >= 0.3 is 0 Å². The van der Waals surface area contributed by atoms with E-state index >= 15 is 0 Å². The fourth-order valence-electron chi connectivity index (χ4n) is 3.41. The first-order valence-corrected chi connectivity index (χ1v) is 8.31. The predicted octanol–water partition coefficient (Wildman–Crippen LogP) is 3.52. The third-order valence-corrected chi connectivity index (χ3v) is 5.85. The molecule has 2 aliphatic rings. The van der Waals surface area contributed by atoms with Gasteiger partial charge in [-0.05, 0) is 58.0 Å². The van der Waals surface area contributed by atoms with E-state index in [9.17, 15) is 0 Å². The molecule has 18 heavy (non-hydrogen) atoms. The molecule has 3 heteroatoms. The number of fused-ring (bicyclic) bond motifs is 1. The molecule has 0 aromatic carbocycles. The van der Waals surface area contributed by atoms with E-state index in [2.05, 4.69) is 12.4 Å². The van der Waals surface area contributed by atoms with Crippen molar-refractivity contribution in [3.05, 3.63) is 15.6 Å². The average Bonchev–Trinajstić information content (AvgIpc) is 3.03. The largest absolute Gasteiger partial charge is 0.320 e. The lowest BCUT2D eigenvalue weighted by Gasteiger charge is -2.20. The van der Waals surface area contributed by atoms with E-state index in [0.717, 1.165) is 18.4 Å². The third kappa shape index (κ3) is 2.62. The second-order valence-electron chi connectivity index (χ2n) is 5.90. The molecule has 1 N–H and O–H groups in total. The van der Waals surface area contributed by atoms with Gasteiger partial charge in [-0.2, -0.15) is 0 Å². The highest BCUT2D eigenvalue weighted by Crippen LogP contribution is 2.39. The summed E-state index contributed by atoms with van der Waals surface area (Å²) < 4.78 is 0. The number of rotatable bonds is 4. The maximum Gasteiger partial charge on any atom is 0.0962 e. The number of nitrogens with zero attached hydrogens (tertiary/aromatic N) is 1. The minimum Gasteiger partial charge on any atom is -0.320 e. The van der Waals surface area contributed by atoms with Crippen LogP contribution in [0.4, 0.5) is 0 Å². The fraction of sp³-hybridized carbons (Fsp3) is 0.800. The molecule has 0 aliphatic heterocycles. The Morgan fingerprint density at radius 2 is 2.11 bits per heavy atom. The van der Waals surface area contributed by atoms with Crippen LogP contribution in [-0.2, 0) is 12.8 Å². The van der Waals surface area contributed by atoms with Crippen LogP contribution in [0.5, 0.6) is 0 Å². The first kappa shape index (κ1) is 12.6. The van der Waals surface area contributed by atoms with Crippen LogP contribution in [0.25, 0.3) is 0 Å². The number of aromatic nitrogens is 1. The lowest BCUT2D eigenvalue weighted by Crippen LogP contribution is -2.18. The molecule has 0 bridgehead atoms. The highest BCUT2D eigenvalue weighted by atomic mass is 32.1. The number of hydrogen-bond acceptors (Lipinski definition) is 3. The van der Waals surface area contributed by atoms with Crippen LogP contribution in [0.1, 0.15) is 60.0 Å². The molecule has 1 aromatic rings. The average molecular weight is 264 g/mol. The molecule has 100 valence electrons. The van der Waals surface area contributed by atoms with Crippen molar-refractivity contribution >= 4 is 11.3 Å². The molecule has 1 atom stereocenters. The molecule has 3 rings (SSSR count). The second-order valence-corrected chi connectivity index (χ2v) is 7.02. The zero-order valence-corrected chi connectivity index (χ0v) is 12.2. The van der Waals surface area contributed by atoms with E-state index in [-0.39, 0.29) is 0 Å². The van der Waals surface area contributed by atoms with Crippen molar-refractivity contribution in [2.24, 2.45) is 5.92 Å². The highest BCUT2D eigenvalue weighted by molar-refractivity contribution is 7.11. The lowest BCUT2D eigenvalue weighted by atomic mass is 9.88. The summed E-state index contributed by atoms with van der Waals surface area (Å²) in [5.74, 6) is 1.69. The molecule has 0 spiro atoms. The van der Waals surface area contributed by atoms with Crippen molar-refractivity contribution in [1.82, 2.24) is 10.3 Å². The van der Waals surface area contributed by atoms with Gasteiger partial charge in [0.1, 0.15) is 0 Å². The molecule has 1 saturated carbocycles. The Morgan fingerprint density at radius 1 is 1.28 bits per heavy atom. The summed E-state index contributed by atoms with van der Waals surface area (Å²) in [6, 6.07) is 0. The van der Waals surface area contributed by atoms with Crippen molar-refractivity contribution < 1.29 is 0 Å². The van der Waals surface area contributed by atoms with E-state index in [1.807, 2.05) is 11.3 Å². The fourth-order valence-corrected chi connectivity index (χ4v) is 4.80. The highest BCUT2D eigenvalue weighted by Gasteiger charge is 2.26. The van der Waals surface area contributed by atoms with Gasteiger partial charge in [-0.3, -0.25) is 0 Å². The van der Waals surface area contributed by atoms with E-state index < -0.39 is 0 Å². The first-order chi connectivity index (χ1) is 8.86. The van der Waals surface area contributed by atoms with Crippen LogP contribution in [0.15, 0.2) is 0 Å². The summed E-state index contributed by atoms with van der Waals surface area (Å²) in [7, 11) is 2.05. The Morgan fingerprint density at radius 3 is 2.89 bits per heavy atom. The summed E-state index contributed by atoms with van der Waals surface area (Å²) >= 11 is 2.04. The number of hydrogen-bond donors (Lipinski definition) is 1. The minimum atomic E-state index is 0.802. The van der Waals surface area contributed by atoms with Crippen LogP contribution in [0.2, 0.25) is 0 Å². The van der Waals surface area contributed by atoms with Crippen LogP contribution in [0.3, 0.4) is 0 Å². The zero-order chi connectivity index (χ0) is 12.4. The third-order valence-electron chi connectivity index (χ3n) is 4.57. The van der Waals surface area contributed by atoms with Gasteiger partial charge < -0.3 is 5.32 Å². The number of thiazole rings is 1. The molecular weight excluding hydrogens is 240 g/mol. The van der Waals surface area contributed by atoms with Crippen molar-refractivity contribution in [2.75, 3.05) is 13.6 Å². The summed E-state index contributed by atoms with van der Waals surface area (Å²) in [6.07, 6.45) is 10.8. The number of nitrogens with one attached hydrogen (secondary N) is 1. The Kier molecular flexibility index (Phi) is 4.00. The van der Waals surface area contributed by atoms with Crippen LogP contribution in [0, 0.1) is 5.92 Å².